The van der Waals surface area contributed by atoms with E-state index in [4.69, 9.17) is 4.74 Å². The second-order valence-corrected chi connectivity index (χ2v) is 5.79. The topological polar surface area (TPSA) is 42.4 Å². The largest absolute Gasteiger partial charge is 0.381 e. The van der Waals surface area contributed by atoms with Gasteiger partial charge in [-0.2, -0.15) is 0 Å². The average molecular weight is 260 g/mol. The highest BCUT2D eigenvalue weighted by molar-refractivity contribution is 5.94. The highest BCUT2D eigenvalue weighted by Crippen LogP contribution is 2.50. The summed E-state index contributed by atoms with van der Waals surface area (Å²) in [5.74, 6) is 0.139. The van der Waals surface area contributed by atoms with Crippen molar-refractivity contribution in [2.24, 2.45) is 5.41 Å². The molecule has 102 valence electrons. The SMILES string of the molecule is COC1CC2(CCN(C(=O)c3ccncc3)CC2)C1. The lowest BCUT2D eigenvalue weighted by Gasteiger charge is -2.51. The minimum atomic E-state index is 0.139. The maximum absolute atomic E-state index is 12.3. The monoisotopic (exact) mass is 260 g/mol. The maximum Gasteiger partial charge on any atom is 0.253 e. The van der Waals surface area contributed by atoms with E-state index in [1.807, 2.05) is 4.90 Å². The fourth-order valence-corrected chi connectivity index (χ4v) is 3.34. The lowest BCUT2D eigenvalue weighted by Crippen LogP contribution is -2.50. The summed E-state index contributed by atoms with van der Waals surface area (Å²) >= 11 is 0. The maximum atomic E-state index is 12.3. The smallest absolute Gasteiger partial charge is 0.253 e. The summed E-state index contributed by atoms with van der Waals surface area (Å²) in [6, 6.07) is 3.58. The van der Waals surface area contributed by atoms with E-state index in [0.29, 0.717) is 11.5 Å². The van der Waals surface area contributed by atoms with E-state index < -0.39 is 0 Å². The first-order valence-electron chi connectivity index (χ1n) is 6.95. The Kier molecular flexibility index (Phi) is 3.27. The summed E-state index contributed by atoms with van der Waals surface area (Å²) < 4.78 is 5.37. The van der Waals surface area contributed by atoms with Gasteiger partial charge in [-0.05, 0) is 43.2 Å². The van der Waals surface area contributed by atoms with Crippen LogP contribution in [0.1, 0.15) is 36.0 Å². The summed E-state index contributed by atoms with van der Waals surface area (Å²) in [4.78, 5) is 18.2. The number of carbonyl (C=O) groups is 1. The van der Waals surface area contributed by atoms with E-state index in [9.17, 15) is 4.79 Å². The Bertz CT molecular complexity index is 444. The Morgan fingerprint density at radius 3 is 2.53 bits per heavy atom. The first-order chi connectivity index (χ1) is 9.22. The number of ether oxygens (including phenoxy) is 1. The summed E-state index contributed by atoms with van der Waals surface area (Å²) in [5, 5.41) is 0. The van der Waals surface area contributed by atoms with Gasteiger partial charge in [0.1, 0.15) is 0 Å². The zero-order valence-electron chi connectivity index (χ0n) is 11.3. The number of hydrogen-bond donors (Lipinski definition) is 0. The molecular weight excluding hydrogens is 240 g/mol. The van der Waals surface area contributed by atoms with Gasteiger partial charge >= 0.3 is 0 Å². The molecule has 1 amide bonds. The molecule has 19 heavy (non-hydrogen) atoms. The second-order valence-electron chi connectivity index (χ2n) is 5.79. The lowest BCUT2D eigenvalue weighted by atomic mass is 9.61. The highest BCUT2D eigenvalue weighted by Gasteiger charge is 2.46. The van der Waals surface area contributed by atoms with Crippen molar-refractivity contribution in [1.82, 2.24) is 9.88 Å². The molecule has 1 saturated heterocycles. The first-order valence-corrected chi connectivity index (χ1v) is 6.95. The Balaban J connectivity index is 1.58. The number of pyridine rings is 1. The van der Waals surface area contributed by atoms with Crippen molar-refractivity contribution in [3.05, 3.63) is 30.1 Å². The van der Waals surface area contributed by atoms with Crippen LogP contribution in [0.2, 0.25) is 0 Å². The third-order valence-electron chi connectivity index (χ3n) is 4.69. The molecule has 3 rings (SSSR count). The molecule has 1 aliphatic carbocycles. The van der Waals surface area contributed by atoms with Gasteiger partial charge in [0.15, 0.2) is 0 Å². The van der Waals surface area contributed by atoms with Crippen molar-refractivity contribution >= 4 is 5.91 Å². The van der Waals surface area contributed by atoms with E-state index in [0.717, 1.165) is 31.5 Å². The first kappa shape index (κ1) is 12.6. The molecule has 4 heteroatoms. The molecule has 1 aromatic rings. The summed E-state index contributed by atoms with van der Waals surface area (Å²) in [7, 11) is 1.79. The molecule has 1 aromatic heterocycles. The van der Waals surface area contributed by atoms with E-state index >= 15 is 0 Å². The van der Waals surface area contributed by atoms with Crippen LogP contribution in [0.5, 0.6) is 0 Å². The summed E-state index contributed by atoms with van der Waals surface area (Å²) in [6.07, 6.45) is 8.36. The molecule has 2 heterocycles. The molecule has 1 aliphatic heterocycles. The van der Waals surface area contributed by atoms with Crippen molar-refractivity contribution in [3.63, 3.8) is 0 Å². The zero-order chi connectivity index (χ0) is 13.3. The Hall–Kier alpha value is -1.42. The van der Waals surface area contributed by atoms with Gasteiger partial charge in [-0.1, -0.05) is 0 Å². The molecule has 2 aliphatic rings. The molecule has 0 bridgehead atoms. The Morgan fingerprint density at radius 1 is 1.32 bits per heavy atom. The van der Waals surface area contributed by atoms with Gasteiger partial charge in [0, 0.05) is 38.2 Å². The third kappa shape index (κ3) is 2.37. The van der Waals surface area contributed by atoms with Crippen LogP contribution in [0.4, 0.5) is 0 Å². The molecule has 0 N–H and O–H groups in total. The average Bonchev–Trinajstić information content (AvgIpc) is 2.45. The molecule has 0 unspecified atom stereocenters. The van der Waals surface area contributed by atoms with Crippen molar-refractivity contribution in [2.45, 2.75) is 31.8 Å². The minimum absolute atomic E-state index is 0.139. The number of aromatic nitrogens is 1. The lowest BCUT2D eigenvalue weighted by molar-refractivity contribution is -0.0841. The van der Waals surface area contributed by atoms with Gasteiger partial charge in [-0.3, -0.25) is 9.78 Å². The minimum Gasteiger partial charge on any atom is -0.381 e. The van der Waals surface area contributed by atoms with Crippen LogP contribution >= 0.6 is 0 Å². The van der Waals surface area contributed by atoms with Gasteiger partial charge in [0.25, 0.3) is 5.91 Å². The van der Waals surface area contributed by atoms with Crippen LogP contribution in [-0.4, -0.2) is 42.1 Å². The van der Waals surface area contributed by atoms with Gasteiger partial charge in [-0.15, -0.1) is 0 Å². The molecule has 4 nitrogen and oxygen atoms in total. The molecule has 1 saturated carbocycles. The number of carbonyl (C=O) groups excluding carboxylic acids is 1. The molecule has 0 aromatic carbocycles. The fraction of sp³-hybridized carbons (Fsp3) is 0.600. The molecule has 2 fully saturated rings. The van der Waals surface area contributed by atoms with Crippen LogP contribution in [0.25, 0.3) is 0 Å². The van der Waals surface area contributed by atoms with Crippen molar-refractivity contribution in [1.29, 1.82) is 0 Å². The predicted molar refractivity (Wildman–Crippen MR) is 71.8 cm³/mol. The second kappa shape index (κ2) is 4.93. The standard InChI is InChI=1S/C15H20N2O2/c1-19-13-10-15(11-13)4-8-17(9-5-15)14(18)12-2-6-16-7-3-12/h2-3,6-7,13H,4-5,8-11H2,1H3. The number of piperidine rings is 1. The molecule has 0 radical (unpaired) electrons. The number of nitrogens with zero attached hydrogens (tertiary/aromatic N) is 2. The number of methoxy groups -OCH3 is 1. The normalized spacial score (nSPS) is 22.3. The van der Waals surface area contributed by atoms with Crippen LogP contribution in [-0.2, 0) is 4.74 Å². The summed E-state index contributed by atoms with van der Waals surface area (Å²) in [5.41, 5.74) is 1.20. The molecular formula is C15H20N2O2. The molecule has 0 atom stereocenters. The number of rotatable bonds is 2. The van der Waals surface area contributed by atoms with E-state index in [-0.39, 0.29) is 5.91 Å². The quantitative estimate of drug-likeness (QED) is 0.818. The van der Waals surface area contributed by atoms with E-state index in [1.165, 1.54) is 12.8 Å². The van der Waals surface area contributed by atoms with Gasteiger partial charge < -0.3 is 9.64 Å². The van der Waals surface area contributed by atoms with Gasteiger partial charge in [0.05, 0.1) is 6.10 Å². The number of amides is 1. The fourth-order valence-electron chi connectivity index (χ4n) is 3.34. The summed E-state index contributed by atoms with van der Waals surface area (Å²) in [6.45, 7) is 1.75. The van der Waals surface area contributed by atoms with Crippen LogP contribution in [0.15, 0.2) is 24.5 Å². The van der Waals surface area contributed by atoms with Crippen LogP contribution < -0.4 is 0 Å². The number of hydrogen-bond acceptors (Lipinski definition) is 3. The van der Waals surface area contributed by atoms with Crippen LogP contribution in [0, 0.1) is 5.41 Å². The Morgan fingerprint density at radius 2 is 1.95 bits per heavy atom. The number of likely N-dealkylation sites (tertiary alicyclic amines) is 1. The van der Waals surface area contributed by atoms with Gasteiger partial charge in [0.2, 0.25) is 0 Å². The van der Waals surface area contributed by atoms with Crippen LogP contribution in [0.3, 0.4) is 0 Å². The van der Waals surface area contributed by atoms with E-state index in [1.54, 1.807) is 31.6 Å². The zero-order valence-corrected chi connectivity index (χ0v) is 11.3. The third-order valence-corrected chi connectivity index (χ3v) is 4.69. The van der Waals surface area contributed by atoms with E-state index in [2.05, 4.69) is 4.98 Å². The van der Waals surface area contributed by atoms with Crippen molar-refractivity contribution < 1.29 is 9.53 Å². The Labute approximate surface area is 113 Å². The van der Waals surface area contributed by atoms with Gasteiger partial charge in [-0.25, -0.2) is 0 Å². The highest BCUT2D eigenvalue weighted by atomic mass is 16.5. The molecule has 1 spiro atoms. The predicted octanol–water partition coefficient (Wildman–Crippen LogP) is 2.11. The van der Waals surface area contributed by atoms with Crippen molar-refractivity contribution in [2.75, 3.05) is 20.2 Å². The van der Waals surface area contributed by atoms with Crippen molar-refractivity contribution in [3.8, 4) is 0 Å².